The summed E-state index contributed by atoms with van der Waals surface area (Å²) < 4.78 is 33.6. The van der Waals surface area contributed by atoms with Crippen molar-refractivity contribution in [3.63, 3.8) is 0 Å². The molecule has 0 bridgehead atoms. The molecule has 1 heterocycles. The molecule has 0 radical (unpaired) electrons. The fourth-order valence-electron chi connectivity index (χ4n) is 6.89. The Morgan fingerprint density at radius 2 is 1.70 bits per heavy atom. The maximum Gasteiger partial charge on any atom is 0.410 e. The molecule has 242 valence electrons. The Bertz CT molecular complexity index is 1190. The molecular weight excluding hydrogens is 561 g/mol. The number of aryl methyl sites for hydroxylation is 1. The summed E-state index contributed by atoms with van der Waals surface area (Å²) in [5.41, 5.74) is 1.26. The number of rotatable bonds is 12. The molecule has 0 spiro atoms. The van der Waals surface area contributed by atoms with Gasteiger partial charge >= 0.3 is 6.09 Å². The van der Waals surface area contributed by atoms with E-state index >= 15 is 4.39 Å². The van der Waals surface area contributed by atoms with E-state index in [1.165, 1.54) is 6.07 Å². The molecule has 1 aliphatic rings. The Morgan fingerprint density at radius 3 is 2.33 bits per heavy atom. The zero-order chi connectivity index (χ0) is 31.9. The van der Waals surface area contributed by atoms with Crippen molar-refractivity contribution in [2.24, 2.45) is 0 Å². The van der Waals surface area contributed by atoms with Crippen LogP contribution in [0.2, 0.25) is 16.6 Å². The molecule has 0 aliphatic carbocycles. The molecule has 1 unspecified atom stereocenters. The van der Waals surface area contributed by atoms with Crippen molar-refractivity contribution in [3.8, 4) is 11.5 Å². The van der Waals surface area contributed by atoms with Crippen LogP contribution in [-0.4, -0.2) is 55.8 Å². The van der Waals surface area contributed by atoms with E-state index in [0.29, 0.717) is 59.4 Å². The molecule has 1 atom stereocenters. The third-order valence-electron chi connectivity index (χ3n) is 8.83. The molecule has 0 aromatic heterocycles. The number of halogens is 1. The highest BCUT2D eigenvalue weighted by atomic mass is 28.4. The molecule has 2 aromatic carbocycles. The van der Waals surface area contributed by atoms with E-state index in [4.69, 9.17) is 13.9 Å². The van der Waals surface area contributed by atoms with Crippen molar-refractivity contribution in [1.82, 2.24) is 4.90 Å². The van der Waals surface area contributed by atoms with Crippen molar-refractivity contribution in [1.29, 1.82) is 0 Å². The molecule has 1 saturated heterocycles. The number of ether oxygens (including phenoxy) is 2. The van der Waals surface area contributed by atoms with Crippen molar-refractivity contribution < 1.29 is 28.2 Å². The summed E-state index contributed by atoms with van der Waals surface area (Å²) in [6.45, 7) is 20.9. The summed E-state index contributed by atoms with van der Waals surface area (Å²) in [6.07, 6.45) is 5.69. The molecule has 6 nitrogen and oxygen atoms in total. The number of fused-ring (bicyclic) bond motifs is 1. The van der Waals surface area contributed by atoms with E-state index in [2.05, 4.69) is 41.5 Å². The summed E-state index contributed by atoms with van der Waals surface area (Å²) in [7, 11) is -2.19. The quantitative estimate of drug-likeness (QED) is 0.190. The van der Waals surface area contributed by atoms with Crippen LogP contribution in [0.15, 0.2) is 24.3 Å². The van der Waals surface area contributed by atoms with Crippen molar-refractivity contribution in [3.05, 3.63) is 35.6 Å². The predicted molar refractivity (Wildman–Crippen MR) is 176 cm³/mol. The second kappa shape index (κ2) is 15.1. The molecule has 1 N–H and O–H groups in total. The monoisotopic (exact) mass is 617 g/mol. The minimum Gasteiger partial charge on any atom is -0.543 e. The minimum atomic E-state index is -2.19. The number of phenolic OH excluding ortho intramolecular Hbond substituents is 1. The van der Waals surface area contributed by atoms with Gasteiger partial charge in [0.05, 0.1) is 12.6 Å². The van der Waals surface area contributed by atoms with Gasteiger partial charge in [0.2, 0.25) is 0 Å². The van der Waals surface area contributed by atoms with E-state index in [1.807, 2.05) is 26.8 Å². The highest BCUT2D eigenvalue weighted by molar-refractivity contribution is 6.78. The number of aromatic hydroxyl groups is 1. The molecule has 2 aromatic rings. The average Bonchev–Trinajstić information content (AvgIpc) is 3.14. The number of carbonyl (C=O) groups excluding carboxylic acids is 1. The van der Waals surface area contributed by atoms with Crippen LogP contribution in [0.4, 0.5) is 9.18 Å². The summed E-state index contributed by atoms with van der Waals surface area (Å²) in [5.74, 6) is 0.460. The second-order valence-electron chi connectivity index (χ2n) is 14.2. The summed E-state index contributed by atoms with van der Waals surface area (Å²) in [5, 5.41) is 12.5. The Hall–Kier alpha value is -2.32. The van der Waals surface area contributed by atoms with Gasteiger partial charge in [0, 0.05) is 24.6 Å². The van der Waals surface area contributed by atoms with Gasteiger partial charge in [0.25, 0.3) is 8.32 Å². The van der Waals surface area contributed by atoms with Gasteiger partial charge in [0.1, 0.15) is 22.9 Å². The van der Waals surface area contributed by atoms with Gasteiger partial charge in [-0.2, -0.15) is 0 Å². The predicted octanol–water partition coefficient (Wildman–Crippen LogP) is 9.76. The third-order valence-corrected chi connectivity index (χ3v) is 14.8. The average molecular weight is 618 g/mol. The van der Waals surface area contributed by atoms with Crippen LogP contribution >= 0.6 is 0 Å². The maximum atomic E-state index is 15.0. The van der Waals surface area contributed by atoms with Gasteiger partial charge in [-0.15, -0.1) is 0 Å². The SMILES string of the molecule is CC(C)[Si](Oc1cc(O)c2c(CCCCCOC3CCCCN(C(=O)OC(C)(C)C)C3)c(F)ccc2c1)(C(C)C)C(C)C. The van der Waals surface area contributed by atoms with Crippen LogP contribution < -0.4 is 4.43 Å². The smallest absolute Gasteiger partial charge is 0.410 e. The van der Waals surface area contributed by atoms with Crippen LogP contribution in [0.3, 0.4) is 0 Å². The van der Waals surface area contributed by atoms with Gasteiger partial charge in [-0.25, -0.2) is 9.18 Å². The van der Waals surface area contributed by atoms with Crippen molar-refractivity contribution in [2.45, 2.75) is 136 Å². The zero-order valence-corrected chi connectivity index (χ0v) is 29.1. The first-order valence-corrected chi connectivity index (χ1v) is 18.5. The van der Waals surface area contributed by atoms with Gasteiger partial charge in [-0.05, 0) is 99.0 Å². The zero-order valence-electron chi connectivity index (χ0n) is 28.1. The Balaban J connectivity index is 1.60. The third kappa shape index (κ3) is 9.10. The van der Waals surface area contributed by atoms with Gasteiger partial charge in [-0.3, -0.25) is 0 Å². The largest absolute Gasteiger partial charge is 0.543 e. The number of amides is 1. The lowest BCUT2D eigenvalue weighted by Crippen LogP contribution is -2.50. The molecule has 0 saturated carbocycles. The van der Waals surface area contributed by atoms with Crippen molar-refractivity contribution in [2.75, 3.05) is 19.7 Å². The first kappa shape index (κ1) is 35.2. The highest BCUT2D eigenvalue weighted by Gasteiger charge is 2.47. The highest BCUT2D eigenvalue weighted by Crippen LogP contribution is 2.44. The van der Waals surface area contributed by atoms with Crippen molar-refractivity contribution >= 4 is 25.2 Å². The lowest BCUT2D eigenvalue weighted by atomic mass is 9.98. The van der Waals surface area contributed by atoms with E-state index in [9.17, 15) is 9.90 Å². The lowest BCUT2D eigenvalue weighted by molar-refractivity contribution is 0.000425. The number of hydrogen-bond acceptors (Lipinski definition) is 5. The molecular formula is C35H56FNO5Si. The number of likely N-dealkylation sites (tertiary alicyclic amines) is 1. The first-order valence-electron chi connectivity index (χ1n) is 16.4. The first-order chi connectivity index (χ1) is 20.2. The fourth-order valence-corrected chi connectivity index (χ4v) is 12.1. The number of phenols is 1. The van der Waals surface area contributed by atoms with E-state index < -0.39 is 13.9 Å². The van der Waals surface area contributed by atoms with Gasteiger partial charge in [-0.1, -0.05) is 54.0 Å². The second-order valence-corrected chi connectivity index (χ2v) is 19.6. The van der Waals surface area contributed by atoms with Crippen LogP contribution in [0, 0.1) is 5.82 Å². The van der Waals surface area contributed by atoms with Crippen LogP contribution in [0.5, 0.6) is 11.5 Å². The molecule has 43 heavy (non-hydrogen) atoms. The van der Waals surface area contributed by atoms with E-state index in [-0.39, 0.29) is 23.8 Å². The number of carbonyl (C=O) groups is 1. The number of benzene rings is 2. The van der Waals surface area contributed by atoms with Crippen LogP contribution in [0.1, 0.15) is 106 Å². The number of nitrogens with zero attached hydrogens (tertiary/aromatic N) is 1. The van der Waals surface area contributed by atoms with Crippen LogP contribution in [0.25, 0.3) is 10.8 Å². The molecule has 1 amide bonds. The maximum absolute atomic E-state index is 15.0. The Kier molecular flexibility index (Phi) is 12.4. The van der Waals surface area contributed by atoms with Crippen LogP contribution in [-0.2, 0) is 15.9 Å². The summed E-state index contributed by atoms with van der Waals surface area (Å²) in [6, 6.07) is 6.89. The summed E-state index contributed by atoms with van der Waals surface area (Å²) in [4.78, 5) is 14.3. The normalized spacial score (nSPS) is 16.8. The lowest BCUT2D eigenvalue weighted by Gasteiger charge is -2.42. The molecule has 1 fully saturated rings. The molecule has 1 aliphatic heterocycles. The molecule has 8 heteroatoms. The van der Waals surface area contributed by atoms with Gasteiger partial charge < -0.3 is 23.9 Å². The molecule has 3 rings (SSSR count). The summed E-state index contributed by atoms with van der Waals surface area (Å²) >= 11 is 0. The van der Waals surface area contributed by atoms with E-state index in [0.717, 1.165) is 43.9 Å². The van der Waals surface area contributed by atoms with Gasteiger partial charge in [0.15, 0.2) is 0 Å². The van der Waals surface area contributed by atoms with E-state index in [1.54, 1.807) is 17.0 Å². The topological polar surface area (TPSA) is 68.2 Å². The number of unbranched alkanes of at least 4 members (excludes halogenated alkanes) is 2. The fraction of sp³-hybridized carbons (Fsp3) is 0.686. The minimum absolute atomic E-state index is 0.00257. The standard InChI is InChI=1S/C35H56FNO5Si/c1-24(2)43(25(3)4,26(5)6)42-29-21-27-17-18-31(36)30(33(27)32(38)22-29)16-11-10-14-20-40-28-15-12-13-19-37(23-28)34(39)41-35(7,8)9/h17-18,21-22,24-26,28,38H,10-16,19-20,23H2,1-9H3. The number of hydrogen-bond donors (Lipinski definition) is 1. The Labute approximate surface area is 260 Å². The Morgan fingerprint density at radius 1 is 1.02 bits per heavy atom.